The molecule has 1 aromatic heterocycles. The minimum Gasteiger partial charge on any atom is -0.479 e. The lowest BCUT2D eigenvalue weighted by molar-refractivity contribution is -0.127. The molecule has 2 aromatic carbocycles. The molecular formula is C20H18N4O4. The lowest BCUT2D eigenvalue weighted by Gasteiger charge is -2.32. The fourth-order valence-electron chi connectivity index (χ4n) is 3.15. The molecule has 1 aliphatic heterocycles. The van der Waals surface area contributed by atoms with Crippen molar-refractivity contribution in [1.29, 1.82) is 0 Å². The Hall–Kier alpha value is -3.68. The maximum atomic E-state index is 12.6. The lowest BCUT2D eigenvalue weighted by atomic mass is 10.1. The van der Waals surface area contributed by atoms with Gasteiger partial charge in [0.1, 0.15) is 12.3 Å². The Labute approximate surface area is 160 Å². The van der Waals surface area contributed by atoms with Gasteiger partial charge in [0.05, 0.1) is 17.4 Å². The van der Waals surface area contributed by atoms with Gasteiger partial charge in [-0.15, -0.1) is 0 Å². The minimum atomic E-state index is -0.718. The average Bonchev–Trinajstić information content (AvgIpc) is 3.12. The number of hydrogen-bond acceptors (Lipinski definition) is 5. The zero-order chi connectivity index (χ0) is 19.8. The summed E-state index contributed by atoms with van der Waals surface area (Å²) < 4.78 is 5.60. The summed E-state index contributed by atoms with van der Waals surface area (Å²) in [4.78, 5) is 38.3. The van der Waals surface area contributed by atoms with Crippen LogP contribution in [0.3, 0.4) is 0 Å². The van der Waals surface area contributed by atoms with Crippen molar-refractivity contribution in [3.8, 4) is 5.75 Å². The summed E-state index contributed by atoms with van der Waals surface area (Å²) in [5.74, 6) is -0.372. The molecule has 0 aliphatic carbocycles. The summed E-state index contributed by atoms with van der Waals surface area (Å²) in [6.45, 7) is 2.88. The van der Waals surface area contributed by atoms with Crippen LogP contribution in [0.25, 0.3) is 10.9 Å². The second kappa shape index (κ2) is 6.80. The highest BCUT2D eigenvalue weighted by molar-refractivity contribution is 6.07. The normalized spacial score (nSPS) is 15.9. The van der Waals surface area contributed by atoms with E-state index in [1.807, 2.05) is 6.07 Å². The van der Waals surface area contributed by atoms with Gasteiger partial charge in [-0.2, -0.15) is 5.10 Å². The smallest absolute Gasteiger partial charge is 0.268 e. The topological polar surface area (TPSA) is 104 Å². The number of ether oxygens (including phenoxy) is 1. The third-order valence-corrected chi connectivity index (χ3v) is 4.60. The van der Waals surface area contributed by atoms with Gasteiger partial charge in [-0.25, -0.2) is 0 Å². The zero-order valence-corrected chi connectivity index (χ0v) is 15.4. The molecule has 0 spiro atoms. The van der Waals surface area contributed by atoms with E-state index in [0.29, 0.717) is 22.7 Å². The summed E-state index contributed by atoms with van der Waals surface area (Å²) in [6.07, 6.45) is 0.975. The van der Waals surface area contributed by atoms with Gasteiger partial charge < -0.3 is 10.1 Å². The molecule has 2 heterocycles. The van der Waals surface area contributed by atoms with Gasteiger partial charge in [0.2, 0.25) is 5.91 Å². The number of ketones is 1. The SMILES string of the molecule is CC(=O)c1ccc2c(c1)N(CC(=O)Nc1ccc3cn[nH]c3c1)C(=O)C(C)O2. The first kappa shape index (κ1) is 17.7. The monoisotopic (exact) mass is 378 g/mol. The van der Waals surface area contributed by atoms with Crippen molar-refractivity contribution in [2.75, 3.05) is 16.8 Å². The van der Waals surface area contributed by atoms with E-state index < -0.39 is 6.10 Å². The number of benzene rings is 2. The number of anilines is 2. The molecule has 4 rings (SSSR count). The van der Waals surface area contributed by atoms with Crippen molar-refractivity contribution in [2.24, 2.45) is 0 Å². The molecule has 8 heteroatoms. The number of aromatic amines is 1. The lowest BCUT2D eigenvalue weighted by Crippen LogP contribution is -2.47. The van der Waals surface area contributed by atoms with Crippen LogP contribution in [0, 0.1) is 0 Å². The number of Topliss-reactive ketones (excluding diaryl/α,β-unsaturated/α-hetero) is 1. The van der Waals surface area contributed by atoms with E-state index in [2.05, 4.69) is 15.5 Å². The summed E-state index contributed by atoms with van der Waals surface area (Å²) in [5.41, 5.74) is 2.24. The molecule has 1 atom stereocenters. The number of amides is 2. The molecule has 2 amide bonds. The second-order valence-corrected chi connectivity index (χ2v) is 6.64. The Bertz CT molecular complexity index is 1100. The molecule has 2 N–H and O–H groups in total. The van der Waals surface area contributed by atoms with Gasteiger partial charge >= 0.3 is 0 Å². The first-order valence-electron chi connectivity index (χ1n) is 8.78. The van der Waals surface area contributed by atoms with Gasteiger partial charge in [-0.05, 0) is 50.2 Å². The largest absolute Gasteiger partial charge is 0.479 e. The van der Waals surface area contributed by atoms with Crippen molar-refractivity contribution in [3.63, 3.8) is 0 Å². The number of carbonyl (C=O) groups excluding carboxylic acids is 3. The Balaban J connectivity index is 1.59. The van der Waals surface area contributed by atoms with Crippen LogP contribution >= 0.6 is 0 Å². The van der Waals surface area contributed by atoms with E-state index in [-0.39, 0.29) is 24.1 Å². The number of rotatable bonds is 4. The molecule has 8 nitrogen and oxygen atoms in total. The first-order valence-corrected chi connectivity index (χ1v) is 8.78. The van der Waals surface area contributed by atoms with Crippen LogP contribution in [0.1, 0.15) is 24.2 Å². The molecule has 3 aromatic rings. The van der Waals surface area contributed by atoms with Crippen LogP contribution in [-0.4, -0.2) is 40.4 Å². The minimum absolute atomic E-state index is 0.133. The fraction of sp³-hybridized carbons (Fsp3) is 0.200. The molecule has 28 heavy (non-hydrogen) atoms. The Morgan fingerprint density at radius 3 is 2.86 bits per heavy atom. The van der Waals surface area contributed by atoms with Crippen LogP contribution in [0.4, 0.5) is 11.4 Å². The molecule has 0 radical (unpaired) electrons. The van der Waals surface area contributed by atoms with Crippen molar-refractivity contribution in [2.45, 2.75) is 20.0 Å². The van der Waals surface area contributed by atoms with Crippen molar-refractivity contribution in [3.05, 3.63) is 48.2 Å². The number of fused-ring (bicyclic) bond motifs is 2. The summed E-state index contributed by atoms with van der Waals surface area (Å²) in [6, 6.07) is 10.2. The van der Waals surface area contributed by atoms with E-state index >= 15 is 0 Å². The highest BCUT2D eigenvalue weighted by Gasteiger charge is 2.33. The fourth-order valence-corrected chi connectivity index (χ4v) is 3.15. The first-order chi connectivity index (χ1) is 13.4. The highest BCUT2D eigenvalue weighted by atomic mass is 16.5. The van der Waals surface area contributed by atoms with E-state index in [1.165, 1.54) is 11.8 Å². The molecule has 0 saturated heterocycles. The van der Waals surface area contributed by atoms with E-state index in [1.54, 1.807) is 43.5 Å². The number of aromatic nitrogens is 2. The van der Waals surface area contributed by atoms with Crippen LogP contribution in [0.5, 0.6) is 5.75 Å². The van der Waals surface area contributed by atoms with Crippen LogP contribution < -0.4 is 15.0 Å². The van der Waals surface area contributed by atoms with E-state index in [4.69, 9.17) is 4.74 Å². The maximum absolute atomic E-state index is 12.6. The Morgan fingerprint density at radius 1 is 1.25 bits per heavy atom. The van der Waals surface area contributed by atoms with Gasteiger partial charge in [-0.1, -0.05) is 0 Å². The van der Waals surface area contributed by atoms with Gasteiger partial charge in [-0.3, -0.25) is 24.4 Å². The number of H-pyrrole nitrogens is 1. The summed E-state index contributed by atoms with van der Waals surface area (Å²) >= 11 is 0. The number of nitrogens with zero attached hydrogens (tertiary/aromatic N) is 2. The van der Waals surface area contributed by atoms with E-state index in [9.17, 15) is 14.4 Å². The number of hydrogen-bond donors (Lipinski definition) is 2. The van der Waals surface area contributed by atoms with Gasteiger partial charge in [0.15, 0.2) is 11.9 Å². The molecule has 1 aliphatic rings. The van der Waals surface area contributed by atoms with Gasteiger partial charge in [0, 0.05) is 16.6 Å². The van der Waals surface area contributed by atoms with E-state index in [0.717, 1.165) is 10.9 Å². The molecule has 142 valence electrons. The van der Waals surface area contributed by atoms with Crippen molar-refractivity contribution >= 4 is 39.9 Å². The standard InChI is InChI=1S/C20H18N4O4/c1-11(25)13-4-6-18-17(7-13)24(20(27)12(2)28-18)10-19(26)22-15-5-3-14-9-21-23-16(14)8-15/h3-9,12H,10H2,1-2H3,(H,21,23)(H,22,26). The van der Waals surface area contributed by atoms with Crippen LogP contribution in [-0.2, 0) is 9.59 Å². The Morgan fingerprint density at radius 2 is 2.07 bits per heavy atom. The maximum Gasteiger partial charge on any atom is 0.268 e. The number of nitrogens with one attached hydrogen (secondary N) is 2. The summed E-state index contributed by atoms with van der Waals surface area (Å²) in [5, 5.41) is 10.5. The zero-order valence-electron chi connectivity index (χ0n) is 15.4. The predicted molar refractivity (Wildman–Crippen MR) is 104 cm³/mol. The third-order valence-electron chi connectivity index (χ3n) is 4.60. The van der Waals surface area contributed by atoms with Crippen LogP contribution in [0.2, 0.25) is 0 Å². The molecule has 0 fully saturated rings. The number of carbonyl (C=O) groups is 3. The van der Waals surface area contributed by atoms with Crippen molar-refractivity contribution in [1.82, 2.24) is 10.2 Å². The predicted octanol–water partition coefficient (Wildman–Crippen LogP) is 2.52. The van der Waals surface area contributed by atoms with Crippen LogP contribution in [0.15, 0.2) is 42.6 Å². The third kappa shape index (κ3) is 3.20. The second-order valence-electron chi connectivity index (χ2n) is 6.64. The molecule has 0 bridgehead atoms. The highest BCUT2D eigenvalue weighted by Crippen LogP contribution is 2.35. The molecular weight excluding hydrogens is 360 g/mol. The molecule has 1 unspecified atom stereocenters. The average molecular weight is 378 g/mol. The molecule has 0 saturated carbocycles. The Kier molecular flexibility index (Phi) is 4.31. The van der Waals surface area contributed by atoms with Crippen molar-refractivity contribution < 1.29 is 19.1 Å². The summed E-state index contributed by atoms with van der Waals surface area (Å²) in [7, 11) is 0. The van der Waals surface area contributed by atoms with Gasteiger partial charge in [0.25, 0.3) is 5.91 Å². The quantitative estimate of drug-likeness (QED) is 0.679.